The van der Waals surface area contributed by atoms with Crippen LogP contribution < -0.4 is 10.8 Å². The van der Waals surface area contributed by atoms with Crippen molar-refractivity contribution in [2.75, 3.05) is 38.4 Å². The van der Waals surface area contributed by atoms with Crippen LogP contribution in [0.15, 0.2) is 0 Å². The summed E-state index contributed by atoms with van der Waals surface area (Å²) in [6.07, 6.45) is 4.79. The zero-order valence-electron chi connectivity index (χ0n) is 14.6. The molecule has 2 N–H and O–H groups in total. The molecule has 0 aromatic rings. The minimum Gasteiger partial charge on any atom is -0.442 e. The average Bonchev–Trinajstić information content (AvgIpc) is 2.43. The van der Waals surface area contributed by atoms with E-state index >= 15 is 0 Å². The highest BCUT2D eigenvalue weighted by atomic mass is 32.2. The molecule has 0 fully saturated rings. The Hall–Kier alpha value is -0.990. The molecule has 23 heavy (non-hydrogen) atoms. The van der Waals surface area contributed by atoms with E-state index in [4.69, 9.17) is 14.3 Å². The molecule has 0 radical (unpaired) electrons. The number of rotatable bonds is 12. The molecular weight excluding hydrogens is 320 g/mol. The van der Waals surface area contributed by atoms with Gasteiger partial charge in [0.25, 0.3) is 0 Å². The monoisotopic (exact) mass is 350 g/mol. The summed E-state index contributed by atoms with van der Waals surface area (Å²) in [7, 11) is 0. The second-order valence-corrected chi connectivity index (χ2v) is 6.89. The number of hydroxylamine groups is 1. The largest absolute Gasteiger partial charge is 0.442 e. The van der Waals surface area contributed by atoms with Gasteiger partial charge in [-0.05, 0) is 45.6 Å². The first kappa shape index (κ1) is 22.0. The molecule has 0 rings (SSSR count). The summed E-state index contributed by atoms with van der Waals surface area (Å²) in [5.41, 5.74) is 1.44. The van der Waals surface area contributed by atoms with Gasteiger partial charge in [0.15, 0.2) is 6.61 Å². The van der Waals surface area contributed by atoms with Crippen LogP contribution in [0.3, 0.4) is 0 Å². The molecule has 0 aromatic carbocycles. The molecule has 0 unspecified atom stereocenters. The first-order chi connectivity index (χ1) is 10.8. The Morgan fingerprint density at radius 1 is 1.09 bits per heavy atom. The van der Waals surface area contributed by atoms with Crippen molar-refractivity contribution in [3.8, 4) is 0 Å². The molecule has 0 bridgehead atoms. The Morgan fingerprint density at radius 2 is 1.83 bits per heavy atom. The fourth-order valence-electron chi connectivity index (χ4n) is 1.50. The number of ether oxygens (including phenoxy) is 2. The van der Waals surface area contributed by atoms with E-state index in [1.165, 1.54) is 12.2 Å². The van der Waals surface area contributed by atoms with Crippen LogP contribution in [0.4, 0.5) is 4.79 Å². The standard InChI is InChI=1S/C15H30N2O5S/c1-15(2,3)22-14(19)17-21-12-13(18)16-8-10-20-9-6-5-7-11-23-4/h5-12H2,1-4H3,(H,16,18)(H,17,19). The number of amides is 2. The summed E-state index contributed by atoms with van der Waals surface area (Å²) < 4.78 is 10.4. The first-order valence-corrected chi connectivity index (χ1v) is 9.18. The van der Waals surface area contributed by atoms with Gasteiger partial charge < -0.3 is 14.8 Å². The zero-order chi connectivity index (χ0) is 17.6. The smallest absolute Gasteiger partial charge is 0.431 e. The lowest BCUT2D eigenvalue weighted by atomic mass is 10.2. The van der Waals surface area contributed by atoms with Gasteiger partial charge in [0, 0.05) is 13.2 Å². The topological polar surface area (TPSA) is 85.9 Å². The summed E-state index contributed by atoms with van der Waals surface area (Å²) in [6.45, 7) is 6.54. The predicted molar refractivity (Wildman–Crippen MR) is 91.4 cm³/mol. The van der Waals surface area contributed by atoms with E-state index in [9.17, 15) is 9.59 Å². The first-order valence-electron chi connectivity index (χ1n) is 7.79. The maximum absolute atomic E-state index is 11.4. The number of unbranched alkanes of at least 4 members (excludes halogenated alkanes) is 2. The normalized spacial score (nSPS) is 11.1. The summed E-state index contributed by atoms with van der Waals surface area (Å²) in [5.74, 6) is 0.859. The molecule has 7 nitrogen and oxygen atoms in total. The minimum atomic E-state index is -0.727. The fraction of sp³-hybridized carbons (Fsp3) is 0.867. The van der Waals surface area contributed by atoms with E-state index in [-0.39, 0.29) is 12.5 Å². The van der Waals surface area contributed by atoms with Crippen LogP contribution in [-0.2, 0) is 19.1 Å². The quantitative estimate of drug-likeness (QED) is 0.414. The second kappa shape index (κ2) is 13.4. The molecule has 0 spiro atoms. The predicted octanol–water partition coefficient (Wildman–Crippen LogP) is 2.11. The maximum Gasteiger partial charge on any atom is 0.431 e. The minimum absolute atomic E-state index is 0.270. The number of carbonyl (C=O) groups is 2. The highest BCUT2D eigenvalue weighted by Crippen LogP contribution is 2.06. The van der Waals surface area contributed by atoms with Gasteiger partial charge in [-0.25, -0.2) is 4.79 Å². The Labute approximate surface area is 143 Å². The van der Waals surface area contributed by atoms with Crippen molar-refractivity contribution in [3.63, 3.8) is 0 Å². The van der Waals surface area contributed by atoms with Crippen LogP contribution in [0.1, 0.15) is 40.0 Å². The van der Waals surface area contributed by atoms with Gasteiger partial charge in [0.05, 0.1) is 6.61 Å². The summed E-state index contributed by atoms with van der Waals surface area (Å²) in [6, 6.07) is 0. The molecule has 0 saturated heterocycles. The van der Waals surface area contributed by atoms with Crippen LogP contribution >= 0.6 is 11.8 Å². The molecule has 0 aromatic heterocycles. The fourth-order valence-corrected chi connectivity index (χ4v) is 2.00. The number of thioether (sulfide) groups is 1. The highest BCUT2D eigenvalue weighted by Gasteiger charge is 2.16. The van der Waals surface area contributed by atoms with Crippen LogP contribution in [0, 0.1) is 0 Å². The number of hydrogen-bond acceptors (Lipinski definition) is 6. The molecule has 0 aliphatic carbocycles. The third kappa shape index (κ3) is 17.2. The molecule has 0 aliphatic rings. The SMILES string of the molecule is CSCCCCCOCCNC(=O)CONC(=O)OC(C)(C)C. The van der Waals surface area contributed by atoms with Crippen molar-refractivity contribution in [2.24, 2.45) is 0 Å². The summed E-state index contributed by atoms with van der Waals surface area (Å²) in [5, 5.41) is 2.63. The molecule has 2 amide bonds. The van der Waals surface area contributed by atoms with Crippen molar-refractivity contribution >= 4 is 23.8 Å². The van der Waals surface area contributed by atoms with Crippen LogP contribution in [0.5, 0.6) is 0 Å². The summed E-state index contributed by atoms with van der Waals surface area (Å²) >= 11 is 1.85. The lowest BCUT2D eigenvalue weighted by Gasteiger charge is -2.19. The van der Waals surface area contributed by atoms with E-state index in [0.29, 0.717) is 19.8 Å². The van der Waals surface area contributed by atoms with Crippen LogP contribution in [-0.4, -0.2) is 56.0 Å². The molecule has 0 heterocycles. The number of carbonyl (C=O) groups excluding carboxylic acids is 2. The molecule has 0 atom stereocenters. The Balaban J connectivity index is 3.39. The molecule has 0 aliphatic heterocycles. The molecule has 0 saturated carbocycles. The molecule has 136 valence electrons. The number of hydrogen-bond donors (Lipinski definition) is 2. The van der Waals surface area contributed by atoms with E-state index in [1.54, 1.807) is 20.8 Å². The Bertz CT molecular complexity index is 334. The van der Waals surface area contributed by atoms with E-state index < -0.39 is 11.7 Å². The van der Waals surface area contributed by atoms with Crippen molar-refractivity contribution in [2.45, 2.75) is 45.6 Å². The van der Waals surface area contributed by atoms with Gasteiger partial charge in [0.2, 0.25) is 5.91 Å². The third-order valence-corrected chi connectivity index (χ3v) is 3.16. The molecular formula is C15H30N2O5S. The van der Waals surface area contributed by atoms with Crippen LogP contribution in [0.25, 0.3) is 0 Å². The lowest BCUT2D eigenvalue weighted by molar-refractivity contribution is -0.128. The average molecular weight is 350 g/mol. The van der Waals surface area contributed by atoms with Gasteiger partial charge in [-0.1, -0.05) is 6.42 Å². The summed E-state index contributed by atoms with van der Waals surface area (Å²) in [4.78, 5) is 27.4. The van der Waals surface area contributed by atoms with Crippen LogP contribution in [0.2, 0.25) is 0 Å². The van der Waals surface area contributed by atoms with Crippen molar-refractivity contribution in [3.05, 3.63) is 0 Å². The van der Waals surface area contributed by atoms with Gasteiger partial charge in [-0.15, -0.1) is 0 Å². The third-order valence-electron chi connectivity index (χ3n) is 2.46. The van der Waals surface area contributed by atoms with Crippen molar-refractivity contribution < 1.29 is 23.9 Å². The zero-order valence-corrected chi connectivity index (χ0v) is 15.4. The second-order valence-electron chi connectivity index (χ2n) is 5.91. The van der Waals surface area contributed by atoms with Gasteiger partial charge in [-0.3, -0.25) is 9.63 Å². The van der Waals surface area contributed by atoms with E-state index in [0.717, 1.165) is 12.8 Å². The van der Waals surface area contributed by atoms with E-state index in [1.807, 2.05) is 11.8 Å². The highest BCUT2D eigenvalue weighted by molar-refractivity contribution is 7.98. The lowest BCUT2D eigenvalue weighted by Crippen LogP contribution is -2.37. The maximum atomic E-state index is 11.4. The van der Waals surface area contributed by atoms with Crippen molar-refractivity contribution in [1.82, 2.24) is 10.8 Å². The Morgan fingerprint density at radius 3 is 2.48 bits per heavy atom. The van der Waals surface area contributed by atoms with Gasteiger partial charge in [-0.2, -0.15) is 17.2 Å². The van der Waals surface area contributed by atoms with E-state index in [2.05, 4.69) is 17.1 Å². The number of nitrogens with one attached hydrogen (secondary N) is 2. The van der Waals surface area contributed by atoms with Gasteiger partial charge in [0.1, 0.15) is 5.60 Å². The van der Waals surface area contributed by atoms with Gasteiger partial charge >= 0.3 is 6.09 Å². The Kier molecular flexibility index (Phi) is 12.9. The molecule has 8 heteroatoms. The van der Waals surface area contributed by atoms with Crippen molar-refractivity contribution in [1.29, 1.82) is 0 Å².